The number of aromatic carboxylic acids is 1. The number of hydrogen-bond donors (Lipinski definition) is 2. The number of carbonyl (C=O) groups excluding carboxylic acids is 1. The van der Waals surface area contributed by atoms with Crippen molar-refractivity contribution in [3.05, 3.63) is 88.7 Å². The third-order valence-corrected chi connectivity index (χ3v) is 5.24. The van der Waals surface area contributed by atoms with Crippen LogP contribution in [0.25, 0.3) is 0 Å². The van der Waals surface area contributed by atoms with Gasteiger partial charge in [-0.2, -0.15) is 0 Å². The minimum absolute atomic E-state index is 0.224. The van der Waals surface area contributed by atoms with E-state index in [9.17, 15) is 9.59 Å². The van der Waals surface area contributed by atoms with Crippen molar-refractivity contribution >= 4 is 11.9 Å². The maximum atomic E-state index is 13.2. The topological polar surface area (TPSA) is 88.5 Å². The van der Waals surface area contributed by atoms with E-state index in [1.54, 1.807) is 48.8 Å². The second kappa shape index (κ2) is 7.63. The molecule has 1 aromatic heterocycles. The van der Waals surface area contributed by atoms with Crippen LogP contribution >= 0.6 is 0 Å². The van der Waals surface area contributed by atoms with Crippen molar-refractivity contribution in [3.63, 3.8) is 0 Å². The van der Waals surface area contributed by atoms with E-state index in [-0.39, 0.29) is 11.5 Å². The van der Waals surface area contributed by atoms with Gasteiger partial charge < -0.3 is 15.2 Å². The standard InChI is InChI=1S/C24H22N2O4/c1-15-3-8-21(30-19-11-16(2)13-25-14-19)20(12-15)22(27)26-24(9-10-24)18-6-4-17(5-7-18)23(28)29/h3-8,11-14H,9-10H2,1-2H3,(H,26,27)(H,28,29). The predicted octanol–water partition coefficient (Wildman–Crippen LogP) is 4.61. The van der Waals surface area contributed by atoms with Gasteiger partial charge in [0, 0.05) is 6.20 Å². The summed E-state index contributed by atoms with van der Waals surface area (Å²) in [5, 5.41) is 12.2. The molecule has 1 amide bonds. The fraction of sp³-hybridized carbons (Fsp3) is 0.208. The first-order chi connectivity index (χ1) is 14.4. The van der Waals surface area contributed by atoms with Crippen LogP contribution in [-0.4, -0.2) is 22.0 Å². The van der Waals surface area contributed by atoms with Crippen LogP contribution in [0.1, 0.15) is 50.2 Å². The van der Waals surface area contributed by atoms with Crippen LogP contribution in [0.2, 0.25) is 0 Å². The van der Waals surface area contributed by atoms with Crippen molar-refractivity contribution < 1.29 is 19.4 Å². The number of benzene rings is 2. The SMILES string of the molecule is Cc1cncc(Oc2ccc(C)cc2C(=O)NC2(c3ccc(C(=O)O)cc3)CC2)c1. The molecule has 1 saturated carbocycles. The van der Waals surface area contributed by atoms with Gasteiger partial charge in [0.25, 0.3) is 5.91 Å². The first-order valence-electron chi connectivity index (χ1n) is 9.73. The summed E-state index contributed by atoms with van der Waals surface area (Å²) in [6.45, 7) is 3.85. The molecular weight excluding hydrogens is 380 g/mol. The number of pyridine rings is 1. The summed E-state index contributed by atoms with van der Waals surface area (Å²) in [6, 6.07) is 14.0. The van der Waals surface area contributed by atoms with Crippen LogP contribution in [0.15, 0.2) is 60.9 Å². The number of ether oxygens (including phenoxy) is 1. The zero-order chi connectivity index (χ0) is 21.3. The highest BCUT2D eigenvalue weighted by molar-refractivity contribution is 5.98. The van der Waals surface area contributed by atoms with Crippen LogP contribution in [0.5, 0.6) is 11.5 Å². The van der Waals surface area contributed by atoms with Crippen molar-refractivity contribution in [2.24, 2.45) is 0 Å². The van der Waals surface area contributed by atoms with E-state index in [2.05, 4.69) is 10.3 Å². The maximum absolute atomic E-state index is 13.2. The minimum atomic E-state index is -0.970. The molecule has 0 unspecified atom stereocenters. The molecule has 30 heavy (non-hydrogen) atoms. The molecule has 152 valence electrons. The molecule has 0 spiro atoms. The summed E-state index contributed by atoms with van der Waals surface area (Å²) in [6.07, 6.45) is 4.95. The van der Waals surface area contributed by atoms with Gasteiger partial charge in [-0.05, 0) is 68.1 Å². The summed E-state index contributed by atoms with van der Waals surface area (Å²) in [5.74, 6) is -0.169. The van der Waals surface area contributed by atoms with Crippen LogP contribution in [0.3, 0.4) is 0 Å². The second-order valence-electron chi connectivity index (χ2n) is 7.72. The third kappa shape index (κ3) is 4.03. The number of hydrogen-bond acceptors (Lipinski definition) is 4. The van der Waals surface area contributed by atoms with E-state index in [1.807, 2.05) is 26.0 Å². The number of nitrogens with one attached hydrogen (secondary N) is 1. The van der Waals surface area contributed by atoms with Gasteiger partial charge in [-0.25, -0.2) is 4.79 Å². The fourth-order valence-corrected chi connectivity index (χ4v) is 3.45. The van der Waals surface area contributed by atoms with Crippen molar-refractivity contribution in [1.82, 2.24) is 10.3 Å². The number of carboxylic acids is 1. The van der Waals surface area contributed by atoms with Gasteiger partial charge >= 0.3 is 5.97 Å². The molecule has 3 aromatic rings. The normalized spacial score (nSPS) is 14.1. The van der Waals surface area contributed by atoms with Gasteiger partial charge in [0.15, 0.2) is 0 Å². The quantitative estimate of drug-likeness (QED) is 0.629. The summed E-state index contributed by atoms with van der Waals surface area (Å²) in [5.41, 5.74) is 3.02. The Morgan fingerprint density at radius 3 is 2.37 bits per heavy atom. The zero-order valence-corrected chi connectivity index (χ0v) is 16.8. The molecule has 0 atom stereocenters. The Balaban J connectivity index is 1.58. The number of nitrogens with zero attached hydrogens (tertiary/aromatic N) is 1. The zero-order valence-electron chi connectivity index (χ0n) is 16.8. The molecule has 0 bridgehead atoms. The van der Waals surface area contributed by atoms with Gasteiger partial charge in [-0.3, -0.25) is 9.78 Å². The Hall–Kier alpha value is -3.67. The van der Waals surface area contributed by atoms with E-state index in [0.717, 1.165) is 29.5 Å². The van der Waals surface area contributed by atoms with Gasteiger partial charge in [-0.1, -0.05) is 23.8 Å². The number of carbonyl (C=O) groups is 2. The first kappa shape index (κ1) is 19.6. The summed E-state index contributed by atoms with van der Waals surface area (Å²) < 4.78 is 5.96. The van der Waals surface area contributed by atoms with Crippen molar-refractivity contribution in [2.45, 2.75) is 32.2 Å². The highest BCUT2D eigenvalue weighted by Crippen LogP contribution is 2.46. The maximum Gasteiger partial charge on any atom is 0.335 e. The van der Waals surface area contributed by atoms with Crippen LogP contribution in [-0.2, 0) is 5.54 Å². The molecule has 0 radical (unpaired) electrons. The Morgan fingerprint density at radius 1 is 1.00 bits per heavy atom. The molecule has 6 nitrogen and oxygen atoms in total. The van der Waals surface area contributed by atoms with Crippen LogP contribution < -0.4 is 10.1 Å². The molecule has 0 aliphatic heterocycles. The van der Waals surface area contributed by atoms with Crippen LogP contribution in [0, 0.1) is 13.8 Å². The van der Waals surface area contributed by atoms with Crippen molar-refractivity contribution in [1.29, 1.82) is 0 Å². The molecule has 0 saturated heterocycles. The average Bonchev–Trinajstić information content (AvgIpc) is 3.50. The lowest BCUT2D eigenvalue weighted by atomic mass is 10.0. The predicted molar refractivity (Wildman–Crippen MR) is 112 cm³/mol. The number of aryl methyl sites for hydroxylation is 2. The van der Waals surface area contributed by atoms with Gasteiger partial charge in [0.05, 0.1) is 22.9 Å². The monoisotopic (exact) mass is 402 g/mol. The molecule has 2 N–H and O–H groups in total. The van der Waals surface area contributed by atoms with E-state index in [0.29, 0.717) is 17.1 Å². The summed E-state index contributed by atoms with van der Waals surface area (Å²) >= 11 is 0. The molecule has 2 aromatic carbocycles. The number of rotatable bonds is 6. The van der Waals surface area contributed by atoms with Crippen LogP contribution in [0.4, 0.5) is 0 Å². The lowest BCUT2D eigenvalue weighted by molar-refractivity contribution is 0.0696. The average molecular weight is 402 g/mol. The smallest absolute Gasteiger partial charge is 0.335 e. The Bertz CT molecular complexity index is 1120. The lowest BCUT2D eigenvalue weighted by Crippen LogP contribution is -2.35. The molecule has 4 rings (SSSR count). The molecule has 1 aliphatic rings. The summed E-state index contributed by atoms with van der Waals surface area (Å²) in [4.78, 5) is 28.4. The number of carboxylic acid groups (broad SMARTS) is 1. The summed E-state index contributed by atoms with van der Waals surface area (Å²) in [7, 11) is 0. The van der Waals surface area contributed by atoms with Gasteiger partial charge in [-0.15, -0.1) is 0 Å². The Morgan fingerprint density at radius 2 is 1.73 bits per heavy atom. The Labute approximate surface area is 174 Å². The number of amides is 1. The molecule has 1 aliphatic carbocycles. The lowest BCUT2D eigenvalue weighted by Gasteiger charge is -2.20. The molecular formula is C24H22N2O4. The molecule has 6 heteroatoms. The minimum Gasteiger partial charge on any atom is -0.478 e. The molecule has 1 heterocycles. The van der Waals surface area contributed by atoms with Gasteiger partial charge in [0.1, 0.15) is 11.5 Å². The number of aromatic nitrogens is 1. The van der Waals surface area contributed by atoms with Crippen molar-refractivity contribution in [3.8, 4) is 11.5 Å². The highest BCUT2D eigenvalue weighted by Gasteiger charge is 2.46. The Kier molecular flexibility index (Phi) is 4.99. The molecule has 1 fully saturated rings. The second-order valence-corrected chi connectivity index (χ2v) is 7.72. The third-order valence-electron chi connectivity index (χ3n) is 5.24. The van der Waals surface area contributed by atoms with E-state index >= 15 is 0 Å². The van der Waals surface area contributed by atoms with E-state index in [1.165, 1.54) is 0 Å². The first-order valence-corrected chi connectivity index (χ1v) is 9.73. The van der Waals surface area contributed by atoms with E-state index < -0.39 is 11.5 Å². The highest BCUT2D eigenvalue weighted by atomic mass is 16.5. The van der Waals surface area contributed by atoms with Crippen molar-refractivity contribution in [2.75, 3.05) is 0 Å². The van der Waals surface area contributed by atoms with Gasteiger partial charge in [0.2, 0.25) is 0 Å². The largest absolute Gasteiger partial charge is 0.478 e. The fourth-order valence-electron chi connectivity index (χ4n) is 3.45. The van der Waals surface area contributed by atoms with E-state index in [4.69, 9.17) is 9.84 Å².